The molecule has 1 aromatic carbocycles. The summed E-state index contributed by atoms with van der Waals surface area (Å²) in [5, 5.41) is 3.19. The van der Waals surface area contributed by atoms with Crippen LogP contribution in [0.2, 0.25) is 0 Å². The van der Waals surface area contributed by atoms with Crippen molar-refractivity contribution in [2.75, 3.05) is 19.7 Å². The molecule has 0 aliphatic carbocycles. The van der Waals surface area contributed by atoms with Crippen LogP contribution in [0.15, 0.2) is 16.6 Å². The molecule has 1 fully saturated rings. The van der Waals surface area contributed by atoms with Crippen molar-refractivity contribution in [1.29, 1.82) is 0 Å². The predicted molar refractivity (Wildman–Crippen MR) is 60.5 cm³/mol. The normalized spacial score (nSPS) is 20.1. The molecule has 0 bridgehead atoms. The fourth-order valence-electron chi connectivity index (χ4n) is 1.70. The minimum absolute atomic E-state index is 0.0289. The summed E-state index contributed by atoms with van der Waals surface area (Å²) in [5.74, 6) is -1.47. The summed E-state index contributed by atoms with van der Waals surface area (Å²) < 4.78 is 32.1. The second-order valence-corrected chi connectivity index (χ2v) is 4.79. The summed E-state index contributed by atoms with van der Waals surface area (Å²) in [7, 11) is 0. The van der Waals surface area contributed by atoms with Gasteiger partial charge in [-0.1, -0.05) is 15.9 Å². The Morgan fingerprint density at radius 2 is 2.25 bits per heavy atom. The van der Waals surface area contributed by atoms with Gasteiger partial charge in [0.2, 0.25) is 5.82 Å². The van der Waals surface area contributed by atoms with E-state index in [1.165, 1.54) is 6.07 Å². The van der Waals surface area contributed by atoms with E-state index >= 15 is 0 Å². The topological polar surface area (TPSA) is 21.3 Å². The molecule has 1 unspecified atom stereocenters. The second kappa shape index (κ2) is 5.10. The Morgan fingerprint density at radius 1 is 1.44 bits per heavy atom. The van der Waals surface area contributed by atoms with E-state index in [1.807, 2.05) is 0 Å². The van der Waals surface area contributed by atoms with E-state index in [0.29, 0.717) is 17.0 Å². The molecule has 0 radical (unpaired) electrons. The molecular weight excluding hydrogens is 280 g/mol. The van der Waals surface area contributed by atoms with Crippen molar-refractivity contribution >= 4 is 15.9 Å². The molecular formula is C11H12BrF2NO. The molecule has 0 amide bonds. The summed E-state index contributed by atoms with van der Waals surface area (Å²) in [4.78, 5) is 0. The first-order valence-electron chi connectivity index (χ1n) is 5.15. The molecule has 88 valence electrons. The van der Waals surface area contributed by atoms with E-state index < -0.39 is 11.6 Å². The first-order chi connectivity index (χ1) is 7.66. The maximum Gasteiger partial charge on any atom is 0.200 e. The number of hydrogen-bond donors (Lipinski definition) is 1. The Kier molecular flexibility index (Phi) is 3.76. The van der Waals surface area contributed by atoms with Gasteiger partial charge in [0.1, 0.15) is 0 Å². The maximum absolute atomic E-state index is 13.3. The quantitative estimate of drug-likeness (QED) is 0.865. The molecule has 0 spiro atoms. The van der Waals surface area contributed by atoms with E-state index in [0.717, 1.165) is 25.6 Å². The van der Waals surface area contributed by atoms with Crippen molar-refractivity contribution in [3.05, 3.63) is 28.2 Å². The lowest BCUT2D eigenvalue weighted by atomic mass is 10.1. The summed E-state index contributed by atoms with van der Waals surface area (Å²) in [6, 6.07) is 2.53. The van der Waals surface area contributed by atoms with Crippen LogP contribution in [0.4, 0.5) is 8.78 Å². The number of hydrogen-bond acceptors (Lipinski definition) is 2. The van der Waals surface area contributed by atoms with Gasteiger partial charge in [-0.15, -0.1) is 0 Å². The lowest BCUT2D eigenvalue weighted by molar-refractivity contribution is 0.246. The van der Waals surface area contributed by atoms with Crippen LogP contribution < -0.4 is 10.1 Å². The van der Waals surface area contributed by atoms with E-state index in [2.05, 4.69) is 21.2 Å². The van der Waals surface area contributed by atoms with Gasteiger partial charge in [0, 0.05) is 16.9 Å². The molecule has 0 saturated carbocycles. The molecule has 1 atom stereocenters. The lowest BCUT2D eigenvalue weighted by Gasteiger charge is -2.12. The van der Waals surface area contributed by atoms with Crippen LogP contribution in [0.5, 0.6) is 5.75 Å². The average Bonchev–Trinajstić information content (AvgIpc) is 2.74. The zero-order valence-electron chi connectivity index (χ0n) is 8.60. The Labute approximate surface area is 101 Å². The summed E-state index contributed by atoms with van der Waals surface area (Å²) in [5.41, 5.74) is 0. The third-order valence-corrected chi connectivity index (χ3v) is 3.05. The molecule has 0 aromatic heterocycles. The van der Waals surface area contributed by atoms with Crippen LogP contribution >= 0.6 is 15.9 Å². The Balaban J connectivity index is 2.02. The highest BCUT2D eigenvalue weighted by atomic mass is 79.9. The third-order valence-electron chi connectivity index (χ3n) is 2.60. The first-order valence-corrected chi connectivity index (χ1v) is 5.94. The number of ether oxygens (including phenoxy) is 1. The monoisotopic (exact) mass is 291 g/mol. The van der Waals surface area contributed by atoms with Crippen LogP contribution in [0, 0.1) is 17.6 Å². The highest BCUT2D eigenvalue weighted by Crippen LogP contribution is 2.26. The van der Waals surface area contributed by atoms with Crippen LogP contribution in [-0.2, 0) is 0 Å². The van der Waals surface area contributed by atoms with Crippen molar-refractivity contribution in [3.63, 3.8) is 0 Å². The zero-order valence-corrected chi connectivity index (χ0v) is 10.2. The molecule has 2 rings (SSSR count). The van der Waals surface area contributed by atoms with Gasteiger partial charge in [-0.05, 0) is 25.1 Å². The molecule has 1 N–H and O–H groups in total. The van der Waals surface area contributed by atoms with Gasteiger partial charge < -0.3 is 10.1 Å². The van der Waals surface area contributed by atoms with Crippen molar-refractivity contribution in [2.24, 2.45) is 5.92 Å². The molecule has 5 heteroatoms. The van der Waals surface area contributed by atoms with E-state index in [9.17, 15) is 8.78 Å². The molecule has 16 heavy (non-hydrogen) atoms. The minimum atomic E-state index is -0.922. The van der Waals surface area contributed by atoms with Crippen molar-refractivity contribution in [2.45, 2.75) is 6.42 Å². The van der Waals surface area contributed by atoms with Crippen molar-refractivity contribution < 1.29 is 13.5 Å². The lowest BCUT2D eigenvalue weighted by Crippen LogP contribution is -2.16. The Hall–Kier alpha value is -0.680. The largest absolute Gasteiger partial charge is 0.490 e. The van der Waals surface area contributed by atoms with Gasteiger partial charge in [0.15, 0.2) is 11.6 Å². The van der Waals surface area contributed by atoms with E-state index in [4.69, 9.17) is 4.74 Å². The predicted octanol–water partition coefficient (Wildman–Crippen LogP) is 2.72. The van der Waals surface area contributed by atoms with E-state index in [1.54, 1.807) is 0 Å². The molecule has 1 aliphatic heterocycles. The fraction of sp³-hybridized carbons (Fsp3) is 0.455. The summed E-state index contributed by atoms with van der Waals surface area (Å²) in [6.45, 7) is 2.25. The van der Waals surface area contributed by atoms with Crippen LogP contribution in [0.1, 0.15) is 6.42 Å². The zero-order chi connectivity index (χ0) is 11.5. The van der Waals surface area contributed by atoms with Crippen LogP contribution in [0.3, 0.4) is 0 Å². The van der Waals surface area contributed by atoms with Gasteiger partial charge in [-0.3, -0.25) is 0 Å². The number of halogens is 3. The van der Waals surface area contributed by atoms with Gasteiger partial charge in [0.05, 0.1) is 6.61 Å². The van der Waals surface area contributed by atoms with Gasteiger partial charge in [0.25, 0.3) is 0 Å². The van der Waals surface area contributed by atoms with Gasteiger partial charge >= 0.3 is 0 Å². The molecule has 1 heterocycles. The Morgan fingerprint density at radius 3 is 2.94 bits per heavy atom. The third kappa shape index (κ3) is 2.71. The number of rotatable bonds is 3. The number of benzene rings is 1. The van der Waals surface area contributed by atoms with Gasteiger partial charge in [-0.2, -0.15) is 4.39 Å². The first kappa shape index (κ1) is 11.8. The molecule has 1 aromatic rings. The maximum atomic E-state index is 13.3. The van der Waals surface area contributed by atoms with Crippen LogP contribution in [-0.4, -0.2) is 19.7 Å². The fourth-order valence-corrected chi connectivity index (χ4v) is 2.11. The second-order valence-electron chi connectivity index (χ2n) is 3.87. The van der Waals surface area contributed by atoms with Crippen LogP contribution in [0.25, 0.3) is 0 Å². The minimum Gasteiger partial charge on any atom is -0.490 e. The highest BCUT2D eigenvalue weighted by molar-refractivity contribution is 9.10. The van der Waals surface area contributed by atoms with E-state index in [-0.39, 0.29) is 5.75 Å². The SMILES string of the molecule is Fc1cc(Br)cc(OCC2CCNC2)c1F. The number of nitrogens with one attached hydrogen (secondary N) is 1. The Bertz CT molecular complexity index is 380. The van der Waals surface area contributed by atoms with Crippen molar-refractivity contribution in [3.8, 4) is 5.75 Å². The average molecular weight is 292 g/mol. The van der Waals surface area contributed by atoms with Gasteiger partial charge in [-0.25, -0.2) is 4.39 Å². The molecule has 1 aliphatic rings. The summed E-state index contributed by atoms with van der Waals surface area (Å²) in [6.07, 6.45) is 1.01. The van der Waals surface area contributed by atoms with Crippen molar-refractivity contribution in [1.82, 2.24) is 5.32 Å². The molecule has 2 nitrogen and oxygen atoms in total. The smallest absolute Gasteiger partial charge is 0.200 e. The highest BCUT2D eigenvalue weighted by Gasteiger charge is 2.17. The summed E-state index contributed by atoms with van der Waals surface area (Å²) >= 11 is 3.10. The molecule has 1 saturated heterocycles. The standard InChI is InChI=1S/C11H12BrF2NO/c12-8-3-9(13)11(14)10(4-8)16-6-7-1-2-15-5-7/h3-4,7,15H,1-2,5-6H2.